The van der Waals surface area contributed by atoms with E-state index in [2.05, 4.69) is 114 Å². The van der Waals surface area contributed by atoms with Crippen LogP contribution in [0.2, 0.25) is 0 Å². The Labute approximate surface area is 325 Å². The van der Waals surface area contributed by atoms with E-state index in [1.807, 2.05) is 72.8 Å². The van der Waals surface area contributed by atoms with Crippen LogP contribution in [-0.4, -0.2) is 19.5 Å². The van der Waals surface area contributed by atoms with Gasteiger partial charge in [-0.2, -0.15) is 9.97 Å². The highest BCUT2D eigenvalue weighted by atomic mass is 16.3. The molecule has 4 aromatic heterocycles. The van der Waals surface area contributed by atoms with Crippen molar-refractivity contribution in [2.24, 2.45) is 0 Å². The predicted octanol–water partition coefficient (Wildman–Crippen LogP) is 13.4. The summed E-state index contributed by atoms with van der Waals surface area (Å²) >= 11 is 0. The summed E-state index contributed by atoms with van der Waals surface area (Å²) in [5.41, 5.74) is 11.4. The predicted molar refractivity (Wildman–Crippen MR) is 230 cm³/mol. The van der Waals surface area contributed by atoms with Crippen LogP contribution in [0.1, 0.15) is 0 Å². The van der Waals surface area contributed by atoms with Crippen LogP contribution in [-0.2, 0) is 0 Å². The number of furan rings is 2. The Hall–Kier alpha value is -7.83. The van der Waals surface area contributed by atoms with Gasteiger partial charge in [-0.1, -0.05) is 140 Å². The standard InChI is InChI=1S/C51H30N4O2/c1-4-13-31(14-5-1)34-24-28-42-41(29-34)38-26-27-39-37-19-10-11-21-43(37)57-48(39)47(38)55(42)51-53-49(33-17-8-3-9-18-33)52-50(54-51)35-23-25-40-45(30-35)56-44-22-12-20-36(46(40)44)32-15-6-2-7-16-32/h1-30H. The Kier molecular flexibility index (Phi) is 6.83. The molecule has 0 aliphatic carbocycles. The van der Waals surface area contributed by atoms with Gasteiger partial charge < -0.3 is 8.83 Å². The SMILES string of the molecule is c1ccc(-c2ccc3c(c2)c2ccc4c5ccccc5oc4c2n3-c2nc(-c3ccccc3)nc(-c3ccc4c(c3)oc3cccc(-c5ccccc5)c34)n2)cc1. The second-order valence-corrected chi connectivity index (χ2v) is 14.4. The molecule has 0 saturated carbocycles. The Morgan fingerprint density at radius 1 is 0.368 bits per heavy atom. The van der Waals surface area contributed by atoms with Gasteiger partial charge in [0, 0.05) is 43.4 Å². The van der Waals surface area contributed by atoms with E-state index in [9.17, 15) is 0 Å². The van der Waals surface area contributed by atoms with Crippen molar-refractivity contribution in [2.75, 3.05) is 0 Å². The molecule has 4 heterocycles. The molecule has 57 heavy (non-hydrogen) atoms. The quantitative estimate of drug-likeness (QED) is 0.176. The molecule has 12 aromatic rings. The molecule has 0 aliphatic heterocycles. The number of benzene rings is 8. The normalized spacial score (nSPS) is 11.9. The Morgan fingerprint density at radius 3 is 1.82 bits per heavy atom. The van der Waals surface area contributed by atoms with Crippen molar-refractivity contribution in [3.05, 3.63) is 182 Å². The molecule has 0 spiro atoms. The van der Waals surface area contributed by atoms with Crippen LogP contribution in [0, 0.1) is 0 Å². The van der Waals surface area contributed by atoms with Gasteiger partial charge in [-0.25, -0.2) is 4.98 Å². The maximum absolute atomic E-state index is 6.72. The molecule has 0 amide bonds. The van der Waals surface area contributed by atoms with Crippen molar-refractivity contribution in [3.63, 3.8) is 0 Å². The van der Waals surface area contributed by atoms with E-state index in [1.165, 1.54) is 0 Å². The van der Waals surface area contributed by atoms with Crippen LogP contribution in [0.3, 0.4) is 0 Å². The summed E-state index contributed by atoms with van der Waals surface area (Å²) in [6.45, 7) is 0. The molecule has 0 saturated heterocycles. The Bertz CT molecular complexity index is 3510. The molecule has 0 N–H and O–H groups in total. The molecule has 0 fully saturated rings. The zero-order valence-corrected chi connectivity index (χ0v) is 30.4. The molecular formula is C51H30N4O2. The summed E-state index contributed by atoms with van der Waals surface area (Å²) in [5.74, 6) is 1.60. The fraction of sp³-hybridized carbons (Fsp3) is 0. The van der Waals surface area contributed by atoms with Gasteiger partial charge in [0.2, 0.25) is 5.95 Å². The smallest absolute Gasteiger partial charge is 0.238 e. The second kappa shape index (κ2) is 12.3. The van der Waals surface area contributed by atoms with Crippen molar-refractivity contribution in [1.29, 1.82) is 0 Å². The largest absolute Gasteiger partial charge is 0.456 e. The van der Waals surface area contributed by atoms with Crippen LogP contribution in [0.4, 0.5) is 0 Å². The summed E-state index contributed by atoms with van der Waals surface area (Å²) in [5, 5.41) is 6.35. The molecule has 0 bridgehead atoms. The third kappa shape index (κ3) is 4.94. The zero-order valence-electron chi connectivity index (χ0n) is 30.4. The number of hydrogen-bond donors (Lipinski definition) is 0. The molecule has 6 heteroatoms. The second-order valence-electron chi connectivity index (χ2n) is 14.4. The van der Waals surface area contributed by atoms with Crippen molar-refractivity contribution >= 4 is 65.7 Å². The van der Waals surface area contributed by atoms with Gasteiger partial charge in [0.15, 0.2) is 17.2 Å². The van der Waals surface area contributed by atoms with Crippen molar-refractivity contribution in [3.8, 4) is 51.0 Å². The maximum atomic E-state index is 6.72. The van der Waals surface area contributed by atoms with E-state index in [0.29, 0.717) is 17.6 Å². The summed E-state index contributed by atoms with van der Waals surface area (Å²) in [6.07, 6.45) is 0. The van der Waals surface area contributed by atoms with E-state index in [-0.39, 0.29) is 0 Å². The fourth-order valence-corrected chi connectivity index (χ4v) is 8.43. The maximum Gasteiger partial charge on any atom is 0.238 e. The number of rotatable bonds is 5. The van der Waals surface area contributed by atoms with E-state index >= 15 is 0 Å². The third-order valence-corrected chi connectivity index (χ3v) is 11.1. The Morgan fingerprint density at radius 2 is 1.02 bits per heavy atom. The van der Waals surface area contributed by atoms with Crippen LogP contribution in [0.15, 0.2) is 191 Å². The highest BCUT2D eigenvalue weighted by Crippen LogP contribution is 2.42. The fourth-order valence-electron chi connectivity index (χ4n) is 8.43. The summed E-state index contributed by atoms with van der Waals surface area (Å²) in [6, 6.07) is 62.6. The molecule has 0 radical (unpaired) electrons. The van der Waals surface area contributed by atoms with Gasteiger partial charge in [0.05, 0.1) is 5.52 Å². The van der Waals surface area contributed by atoms with Crippen LogP contribution >= 0.6 is 0 Å². The molecule has 12 rings (SSSR count). The lowest BCUT2D eigenvalue weighted by atomic mass is 9.99. The van der Waals surface area contributed by atoms with Crippen LogP contribution in [0.5, 0.6) is 0 Å². The summed E-state index contributed by atoms with van der Waals surface area (Å²) < 4.78 is 15.4. The summed E-state index contributed by atoms with van der Waals surface area (Å²) in [7, 11) is 0. The van der Waals surface area contributed by atoms with Crippen molar-refractivity contribution in [1.82, 2.24) is 19.5 Å². The topological polar surface area (TPSA) is 69.9 Å². The number of fused-ring (bicyclic) bond motifs is 10. The number of aromatic nitrogens is 4. The molecule has 0 atom stereocenters. The average Bonchev–Trinajstić information content (AvgIpc) is 3.96. The molecule has 6 nitrogen and oxygen atoms in total. The highest BCUT2D eigenvalue weighted by Gasteiger charge is 2.23. The zero-order chi connectivity index (χ0) is 37.5. The lowest BCUT2D eigenvalue weighted by Crippen LogP contribution is -2.06. The number of hydrogen-bond acceptors (Lipinski definition) is 5. The minimum absolute atomic E-state index is 0.496. The van der Waals surface area contributed by atoms with Gasteiger partial charge in [-0.3, -0.25) is 4.57 Å². The molecule has 0 unspecified atom stereocenters. The minimum atomic E-state index is 0.496. The third-order valence-electron chi connectivity index (χ3n) is 11.1. The molecule has 8 aromatic carbocycles. The van der Waals surface area contributed by atoms with E-state index in [1.54, 1.807) is 0 Å². The molecule has 266 valence electrons. The van der Waals surface area contributed by atoms with Crippen LogP contribution in [0.25, 0.3) is 117 Å². The van der Waals surface area contributed by atoms with Crippen LogP contribution < -0.4 is 0 Å². The first-order valence-corrected chi connectivity index (χ1v) is 19.0. The van der Waals surface area contributed by atoms with Gasteiger partial charge >= 0.3 is 0 Å². The van der Waals surface area contributed by atoms with E-state index in [0.717, 1.165) is 99.1 Å². The van der Waals surface area contributed by atoms with E-state index in [4.69, 9.17) is 23.8 Å². The molecular weight excluding hydrogens is 701 g/mol. The van der Waals surface area contributed by atoms with Gasteiger partial charge in [0.1, 0.15) is 22.3 Å². The molecule has 0 aliphatic rings. The first kappa shape index (κ1) is 31.5. The lowest BCUT2D eigenvalue weighted by Gasteiger charge is -2.11. The van der Waals surface area contributed by atoms with E-state index < -0.39 is 0 Å². The summed E-state index contributed by atoms with van der Waals surface area (Å²) in [4.78, 5) is 15.6. The van der Waals surface area contributed by atoms with Gasteiger partial charge in [-0.05, 0) is 64.7 Å². The van der Waals surface area contributed by atoms with Gasteiger partial charge in [-0.15, -0.1) is 0 Å². The number of para-hydroxylation sites is 1. The minimum Gasteiger partial charge on any atom is -0.456 e. The average molecular weight is 731 g/mol. The first-order chi connectivity index (χ1) is 28.2. The van der Waals surface area contributed by atoms with Crippen molar-refractivity contribution < 1.29 is 8.83 Å². The van der Waals surface area contributed by atoms with Gasteiger partial charge in [0.25, 0.3) is 0 Å². The van der Waals surface area contributed by atoms with Crippen molar-refractivity contribution in [2.45, 2.75) is 0 Å². The number of nitrogens with zero attached hydrogens (tertiary/aromatic N) is 4. The Balaban J connectivity index is 1.13. The first-order valence-electron chi connectivity index (χ1n) is 19.0. The lowest BCUT2D eigenvalue weighted by molar-refractivity contribution is 0.669. The highest BCUT2D eigenvalue weighted by molar-refractivity contribution is 6.22. The monoisotopic (exact) mass is 730 g/mol.